The first-order valence-electron chi connectivity index (χ1n) is 7.52. The normalized spacial score (nSPS) is 16.3. The van der Waals surface area contributed by atoms with Crippen LogP contribution in [0.4, 0.5) is 5.69 Å². The second-order valence-corrected chi connectivity index (χ2v) is 6.45. The number of amides is 1. The zero-order chi connectivity index (χ0) is 17.2. The molecule has 1 heterocycles. The van der Waals surface area contributed by atoms with Crippen LogP contribution in [-0.2, 0) is 4.79 Å². The van der Waals surface area contributed by atoms with Gasteiger partial charge in [-0.1, -0.05) is 24.4 Å². The lowest BCUT2D eigenvalue weighted by molar-refractivity contribution is -0.116. The Balaban J connectivity index is 2.44. The molecule has 5 heteroatoms. The second kappa shape index (κ2) is 6.54. The fourth-order valence-corrected chi connectivity index (χ4v) is 2.92. The van der Waals surface area contributed by atoms with E-state index >= 15 is 0 Å². The maximum absolute atomic E-state index is 11.9. The summed E-state index contributed by atoms with van der Waals surface area (Å²) in [5.74, 6) is -0.245. The molecule has 0 atom stereocenters. The number of likely N-dealkylation sites (N-methyl/N-ethyl adjacent to an activating group) is 2. The molecule has 0 saturated carbocycles. The van der Waals surface area contributed by atoms with E-state index in [9.17, 15) is 4.79 Å². The molecule has 1 aromatic carbocycles. The maximum Gasteiger partial charge on any atom is 0.271 e. The molecule has 23 heavy (non-hydrogen) atoms. The number of nitrogens with one attached hydrogen (secondary N) is 2. The van der Waals surface area contributed by atoms with Gasteiger partial charge in [-0.3, -0.25) is 4.79 Å². The molecule has 122 valence electrons. The van der Waals surface area contributed by atoms with Gasteiger partial charge in [-0.2, -0.15) is 0 Å². The Morgan fingerprint density at radius 3 is 2.65 bits per heavy atom. The lowest BCUT2D eigenvalue weighted by atomic mass is 9.88. The molecular weight excluding hydrogens is 306 g/mol. The third-order valence-corrected chi connectivity index (χ3v) is 4.37. The van der Waals surface area contributed by atoms with Gasteiger partial charge in [0.2, 0.25) is 0 Å². The minimum absolute atomic E-state index is 0.0102. The number of carbonyl (C=O) groups excluding carboxylic acids is 1. The molecule has 1 aliphatic rings. The molecule has 2 rings (SSSR count). The van der Waals surface area contributed by atoms with Crippen LogP contribution in [0.15, 0.2) is 30.0 Å². The highest BCUT2D eigenvalue weighted by Crippen LogP contribution is 2.38. The summed E-state index contributed by atoms with van der Waals surface area (Å²) in [5.41, 5.74) is 6.26. The Bertz CT molecular complexity index is 704. The van der Waals surface area contributed by atoms with Gasteiger partial charge in [0.05, 0.1) is 11.0 Å². The zero-order valence-corrected chi connectivity index (χ0v) is 15.0. The van der Waals surface area contributed by atoms with Crippen molar-refractivity contribution >= 4 is 41.0 Å². The Morgan fingerprint density at radius 1 is 1.35 bits per heavy atom. The van der Waals surface area contributed by atoms with Crippen LogP contribution in [0.25, 0.3) is 11.6 Å². The minimum atomic E-state index is -0.245. The van der Waals surface area contributed by atoms with Crippen molar-refractivity contribution in [3.63, 3.8) is 0 Å². The summed E-state index contributed by atoms with van der Waals surface area (Å²) in [4.78, 5) is 14.2. The number of nitrogens with zero attached hydrogens (tertiary/aromatic N) is 1. The van der Waals surface area contributed by atoms with Crippen LogP contribution < -0.4 is 15.5 Å². The van der Waals surface area contributed by atoms with Crippen LogP contribution >= 0.6 is 12.2 Å². The fraction of sp³-hybridized carbons (Fsp3) is 0.333. The Labute approximate surface area is 143 Å². The lowest BCUT2D eigenvalue weighted by Gasteiger charge is -2.40. The minimum Gasteiger partial charge on any atom is -0.384 e. The predicted octanol–water partition coefficient (Wildman–Crippen LogP) is 2.95. The van der Waals surface area contributed by atoms with E-state index in [1.165, 1.54) is 22.3 Å². The van der Waals surface area contributed by atoms with Crippen molar-refractivity contribution in [3.8, 4) is 0 Å². The van der Waals surface area contributed by atoms with Gasteiger partial charge in [-0.25, -0.2) is 0 Å². The van der Waals surface area contributed by atoms with Gasteiger partial charge in [0.15, 0.2) is 0 Å². The number of thiocarbonyl (C=S) groups is 1. The zero-order valence-electron chi connectivity index (χ0n) is 14.2. The molecule has 0 fully saturated rings. The van der Waals surface area contributed by atoms with E-state index < -0.39 is 0 Å². The smallest absolute Gasteiger partial charge is 0.271 e. The topological polar surface area (TPSA) is 44.4 Å². The molecular formula is C18H23N3OS. The summed E-state index contributed by atoms with van der Waals surface area (Å²) in [6.45, 7) is 6.52. The largest absolute Gasteiger partial charge is 0.384 e. The first kappa shape index (κ1) is 17.2. The van der Waals surface area contributed by atoms with Crippen molar-refractivity contribution in [1.82, 2.24) is 10.6 Å². The van der Waals surface area contributed by atoms with Gasteiger partial charge in [0, 0.05) is 25.3 Å². The van der Waals surface area contributed by atoms with Crippen LogP contribution in [-0.4, -0.2) is 31.0 Å². The fourth-order valence-electron chi connectivity index (χ4n) is 2.82. The number of benzene rings is 1. The van der Waals surface area contributed by atoms with Crippen molar-refractivity contribution in [3.05, 3.63) is 41.1 Å². The van der Waals surface area contributed by atoms with Gasteiger partial charge >= 0.3 is 0 Å². The molecule has 0 radical (unpaired) electrons. The van der Waals surface area contributed by atoms with E-state index in [2.05, 4.69) is 73.8 Å². The van der Waals surface area contributed by atoms with Gasteiger partial charge in [0.25, 0.3) is 5.91 Å². The Morgan fingerprint density at radius 2 is 2.04 bits per heavy atom. The summed E-state index contributed by atoms with van der Waals surface area (Å²) in [7, 11) is 3.82. The van der Waals surface area contributed by atoms with E-state index in [0.717, 1.165) is 5.56 Å². The van der Waals surface area contributed by atoms with Crippen molar-refractivity contribution in [1.29, 1.82) is 0 Å². The summed E-state index contributed by atoms with van der Waals surface area (Å²) >= 11 is 4.66. The molecule has 0 unspecified atom stereocenters. The van der Waals surface area contributed by atoms with Crippen LogP contribution in [0, 0.1) is 0 Å². The summed E-state index contributed by atoms with van der Waals surface area (Å²) in [5, 5.41) is 5.41. The van der Waals surface area contributed by atoms with Crippen molar-refractivity contribution < 1.29 is 4.79 Å². The van der Waals surface area contributed by atoms with Crippen molar-refractivity contribution in [2.24, 2.45) is 0 Å². The Kier molecular flexibility index (Phi) is 4.90. The standard InChI is InChI=1S/C18H23N3OS/c1-12-10-18(2,3)21(5)16-7-6-13(8-14(12)16)9-15(19-4)17(22)20-11-23/h6-11,19H,1-5H3,(H,20,22,23)/b15-9-. The quantitative estimate of drug-likeness (QED) is 0.658. The second-order valence-electron chi connectivity index (χ2n) is 6.22. The molecule has 1 aliphatic heterocycles. The molecule has 0 spiro atoms. The first-order valence-corrected chi connectivity index (χ1v) is 7.99. The molecule has 2 N–H and O–H groups in total. The maximum atomic E-state index is 11.9. The number of hydrogen-bond donors (Lipinski definition) is 2. The highest BCUT2D eigenvalue weighted by Gasteiger charge is 2.28. The van der Waals surface area contributed by atoms with Gasteiger partial charge in [0.1, 0.15) is 5.70 Å². The third kappa shape index (κ3) is 3.45. The highest BCUT2D eigenvalue weighted by atomic mass is 32.1. The Hall–Kier alpha value is -2.14. The number of carbonyl (C=O) groups is 1. The number of allylic oxidation sites excluding steroid dienone is 1. The summed E-state index contributed by atoms with van der Waals surface area (Å²) in [6.07, 6.45) is 4.09. The first-order chi connectivity index (χ1) is 10.8. The lowest BCUT2D eigenvalue weighted by Crippen LogP contribution is -2.42. The van der Waals surface area contributed by atoms with E-state index in [0.29, 0.717) is 5.70 Å². The van der Waals surface area contributed by atoms with E-state index in [-0.39, 0.29) is 11.4 Å². The predicted molar refractivity (Wildman–Crippen MR) is 101 cm³/mol. The summed E-state index contributed by atoms with van der Waals surface area (Å²) < 4.78 is 0. The van der Waals surface area contributed by atoms with Crippen LogP contribution in [0.2, 0.25) is 0 Å². The highest BCUT2D eigenvalue weighted by molar-refractivity contribution is 7.78. The van der Waals surface area contributed by atoms with E-state index in [1.807, 2.05) is 12.1 Å². The van der Waals surface area contributed by atoms with E-state index in [4.69, 9.17) is 0 Å². The van der Waals surface area contributed by atoms with Crippen LogP contribution in [0.3, 0.4) is 0 Å². The molecule has 0 bridgehead atoms. The monoisotopic (exact) mass is 329 g/mol. The molecule has 1 aromatic rings. The summed E-state index contributed by atoms with van der Waals surface area (Å²) in [6, 6.07) is 6.23. The van der Waals surface area contributed by atoms with Gasteiger partial charge < -0.3 is 15.5 Å². The third-order valence-electron chi connectivity index (χ3n) is 4.26. The molecule has 0 saturated heterocycles. The average molecular weight is 329 g/mol. The van der Waals surface area contributed by atoms with Crippen molar-refractivity contribution in [2.45, 2.75) is 26.3 Å². The van der Waals surface area contributed by atoms with E-state index in [1.54, 1.807) is 7.05 Å². The van der Waals surface area contributed by atoms with Crippen molar-refractivity contribution in [2.75, 3.05) is 19.0 Å². The van der Waals surface area contributed by atoms with Crippen LogP contribution in [0.5, 0.6) is 0 Å². The number of fused-ring (bicyclic) bond motifs is 1. The number of hydrogen-bond acceptors (Lipinski definition) is 4. The van der Waals surface area contributed by atoms with Gasteiger partial charge in [-0.05, 0) is 50.1 Å². The SMILES string of the molecule is CN/C(=C\c1ccc2c(c1)C(C)=CC(C)(C)N2C)C(=O)NC=S. The molecule has 0 aromatic heterocycles. The average Bonchev–Trinajstić information content (AvgIpc) is 2.50. The molecule has 1 amide bonds. The van der Waals surface area contributed by atoms with Crippen LogP contribution in [0.1, 0.15) is 31.9 Å². The number of rotatable bonds is 4. The number of anilines is 1. The molecule has 4 nitrogen and oxygen atoms in total. The van der Waals surface area contributed by atoms with Gasteiger partial charge in [-0.15, -0.1) is 0 Å². The molecule has 0 aliphatic carbocycles.